The molecular weight excluding hydrogens is 314 g/mol. The molecule has 0 aromatic heterocycles. The molecule has 106 valence electrons. The molecule has 0 heterocycles. The molecule has 2 nitrogen and oxygen atoms in total. The number of aryl methyl sites for hydroxylation is 2. The van der Waals surface area contributed by atoms with E-state index in [0.29, 0.717) is 0 Å². The summed E-state index contributed by atoms with van der Waals surface area (Å²) in [6.45, 7) is 6.28. The van der Waals surface area contributed by atoms with E-state index in [-0.39, 0.29) is 6.04 Å². The Morgan fingerprint density at radius 2 is 1.70 bits per heavy atom. The van der Waals surface area contributed by atoms with Crippen molar-refractivity contribution in [2.45, 2.75) is 26.8 Å². The van der Waals surface area contributed by atoms with E-state index in [0.717, 1.165) is 21.5 Å². The van der Waals surface area contributed by atoms with Gasteiger partial charge in [-0.25, -0.2) is 0 Å². The van der Waals surface area contributed by atoms with E-state index in [9.17, 15) is 0 Å². The first-order valence-corrected chi connectivity index (χ1v) is 7.53. The number of halogens is 1. The maximum absolute atomic E-state index is 6.09. The van der Waals surface area contributed by atoms with E-state index in [4.69, 9.17) is 4.74 Å². The van der Waals surface area contributed by atoms with Crippen LogP contribution in [0.15, 0.2) is 40.9 Å². The Hall–Kier alpha value is -1.32. The van der Waals surface area contributed by atoms with Gasteiger partial charge in [0.25, 0.3) is 0 Å². The number of hydrogen-bond acceptors (Lipinski definition) is 2. The van der Waals surface area contributed by atoms with Crippen LogP contribution in [0.2, 0.25) is 0 Å². The van der Waals surface area contributed by atoms with Crippen LogP contribution in [0.5, 0.6) is 11.5 Å². The summed E-state index contributed by atoms with van der Waals surface area (Å²) in [6.07, 6.45) is 0. The molecule has 2 aromatic rings. The van der Waals surface area contributed by atoms with E-state index < -0.39 is 0 Å². The topological polar surface area (TPSA) is 21.3 Å². The highest BCUT2D eigenvalue weighted by Crippen LogP contribution is 2.32. The van der Waals surface area contributed by atoms with Gasteiger partial charge in [0.15, 0.2) is 0 Å². The molecule has 0 aliphatic carbocycles. The van der Waals surface area contributed by atoms with E-state index in [1.807, 2.05) is 25.2 Å². The van der Waals surface area contributed by atoms with E-state index in [1.54, 1.807) is 0 Å². The second-order valence-corrected chi connectivity index (χ2v) is 5.81. The quantitative estimate of drug-likeness (QED) is 0.836. The van der Waals surface area contributed by atoms with Gasteiger partial charge < -0.3 is 10.1 Å². The third-order valence-electron chi connectivity index (χ3n) is 3.46. The lowest BCUT2D eigenvalue weighted by atomic mass is 10.1. The summed E-state index contributed by atoms with van der Waals surface area (Å²) < 4.78 is 7.23. The summed E-state index contributed by atoms with van der Waals surface area (Å²) in [5.74, 6) is 1.77. The fraction of sp³-hybridized carbons (Fsp3) is 0.294. The maximum Gasteiger partial charge on any atom is 0.132 e. The lowest BCUT2D eigenvalue weighted by Gasteiger charge is -2.17. The number of rotatable bonds is 4. The van der Waals surface area contributed by atoms with Gasteiger partial charge in [0.05, 0.1) is 0 Å². The van der Waals surface area contributed by atoms with Gasteiger partial charge in [-0.15, -0.1) is 0 Å². The summed E-state index contributed by atoms with van der Waals surface area (Å²) in [5.41, 5.74) is 3.52. The maximum atomic E-state index is 6.09. The molecular formula is C17H20BrNO. The van der Waals surface area contributed by atoms with Gasteiger partial charge in [-0.1, -0.05) is 34.1 Å². The van der Waals surface area contributed by atoms with E-state index in [2.05, 4.69) is 60.2 Å². The first kappa shape index (κ1) is 15.1. The van der Waals surface area contributed by atoms with E-state index in [1.165, 1.54) is 11.1 Å². The van der Waals surface area contributed by atoms with Crippen molar-refractivity contribution in [1.82, 2.24) is 5.32 Å². The highest BCUT2D eigenvalue weighted by atomic mass is 79.9. The molecule has 0 amide bonds. The molecule has 1 atom stereocenters. The molecule has 2 aromatic carbocycles. The summed E-state index contributed by atoms with van der Waals surface area (Å²) >= 11 is 3.58. The number of nitrogens with one attached hydrogen (secondary N) is 1. The molecule has 1 N–H and O–H groups in total. The van der Waals surface area contributed by atoms with Crippen LogP contribution in [0.1, 0.15) is 29.7 Å². The van der Waals surface area contributed by atoms with Gasteiger partial charge in [-0.3, -0.25) is 0 Å². The third kappa shape index (κ3) is 3.22. The minimum absolute atomic E-state index is 0.254. The first-order valence-electron chi connectivity index (χ1n) is 6.73. The molecule has 0 spiro atoms. The molecule has 0 radical (unpaired) electrons. The van der Waals surface area contributed by atoms with Crippen LogP contribution >= 0.6 is 15.9 Å². The van der Waals surface area contributed by atoms with Crippen LogP contribution in [0.3, 0.4) is 0 Å². The number of para-hydroxylation sites is 1. The first-order chi connectivity index (χ1) is 9.52. The largest absolute Gasteiger partial charge is 0.457 e. The van der Waals surface area contributed by atoms with Crippen molar-refractivity contribution in [1.29, 1.82) is 0 Å². The van der Waals surface area contributed by atoms with Crippen molar-refractivity contribution >= 4 is 15.9 Å². The van der Waals surface area contributed by atoms with Crippen LogP contribution in [0, 0.1) is 13.8 Å². The lowest BCUT2D eigenvalue weighted by molar-refractivity contribution is 0.465. The van der Waals surface area contributed by atoms with Crippen molar-refractivity contribution in [2.24, 2.45) is 0 Å². The van der Waals surface area contributed by atoms with Crippen molar-refractivity contribution in [2.75, 3.05) is 7.05 Å². The van der Waals surface area contributed by atoms with Gasteiger partial charge in [0.1, 0.15) is 11.5 Å². The zero-order valence-electron chi connectivity index (χ0n) is 12.3. The Balaban J connectivity index is 2.35. The molecule has 20 heavy (non-hydrogen) atoms. The fourth-order valence-electron chi connectivity index (χ4n) is 2.18. The number of hydrogen-bond donors (Lipinski definition) is 1. The zero-order chi connectivity index (χ0) is 14.7. The molecule has 3 heteroatoms. The Morgan fingerprint density at radius 3 is 2.30 bits per heavy atom. The Morgan fingerprint density at radius 1 is 1.10 bits per heavy atom. The minimum atomic E-state index is 0.254. The van der Waals surface area contributed by atoms with Crippen LogP contribution < -0.4 is 10.1 Å². The highest BCUT2D eigenvalue weighted by molar-refractivity contribution is 9.10. The van der Waals surface area contributed by atoms with Crippen molar-refractivity contribution in [3.05, 3.63) is 57.6 Å². The molecule has 2 rings (SSSR count). The Labute approximate surface area is 129 Å². The Kier molecular flexibility index (Phi) is 4.84. The summed E-state index contributed by atoms with van der Waals surface area (Å²) in [5, 5.41) is 3.25. The summed E-state index contributed by atoms with van der Waals surface area (Å²) in [4.78, 5) is 0. The molecule has 0 saturated carbocycles. The average Bonchev–Trinajstić information content (AvgIpc) is 2.44. The average molecular weight is 334 g/mol. The molecule has 1 unspecified atom stereocenters. The van der Waals surface area contributed by atoms with Crippen LogP contribution in [-0.2, 0) is 0 Å². The highest BCUT2D eigenvalue weighted by Gasteiger charge is 2.11. The number of ether oxygens (including phenoxy) is 1. The number of benzene rings is 2. The van der Waals surface area contributed by atoms with Gasteiger partial charge in [-0.05, 0) is 57.1 Å². The summed E-state index contributed by atoms with van der Waals surface area (Å²) in [7, 11) is 1.95. The second-order valence-electron chi connectivity index (χ2n) is 5.02. The van der Waals surface area contributed by atoms with Gasteiger partial charge >= 0.3 is 0 Å². The second kappa shape index (κ2) is 6.42. The SMILES string of the molecule is CNC(C)c1ccccc1Oc1cc(C)c(Br)c(C)c1. The van der Waals surface area contributed by atoms with Crippen LogP contribution in [-0.4, -0.2) is 7.05 Å². The van der Waals surface area contributed by atoms with Crippen molar-refractivity contribution < 1.29 is 4.74 Å². The van der Waals surface area contributed by atoms with Crippen LogP contribution in [0.25, 0.3) is 0 Å². The van der Waals surface area contributed by atoms with Gasteiger partial charge in [0, 0.05) is 16.1 Å². The smallest absolute Gasteiger partial charge is 0.132 e. The minimum Gasteiger partial charge on any atom is -0.457 e. The molecule has 0 aliphatic heterocycles. The predicted molar refractivity (Wildman–Crippen MR) is 87.6 cm³/mol. The van der Waals surface area contributed by atoms with Gasteiger partial charge in [-0.2, -0.15) is 0 Å². The fourth-order valence-corrected chi connectivity index (χ4v) is 2.41. The molecule has 0 bridgehead atoms. The Bertz CT molecular complexity index is 587. The molecule has 0 saturated heterocycles. The third-order valence-corrected chi connectivity index (χ3v) is 4.71. The van der Waals surface area contributed by atoms with Crippen LogP contribution in [0.4, 0.5) is 0 Å². The summed E-state index contributed by atoms with van der Waals surface area (Å²) in [6, 6.07) is 12.5. The van der Waals surface area contributed by atoms with Crippen molar-refractivity contribution in [3.8, 4) is 11.5 Å². The molecule has 0 fully saturated rings. The molecule has 0 aliphatic rings. The van der Waals surface area contributed by atoms with Gasteiger partial charge in [0.2, 0.25) is 0 Å². The monoisotopic (exact) mass is 333 g/mol. The van der Waals surface area contributed by atoms with E-state index >= 15 is 0 Å². The normalized spacial score (nSPS) is 12.2. The predicted octanol–water partition coefficient (Wildman–Crippen LogP) is 5.14. The zero-order valence-corrected chi connectivity index (χ0v) is 13.9. The standard InChI is InChI=1S/C17H20BrNO/c1-11-9-14(10-12(2)17(11)18)20-16-8-6-5-7-15(16)13(3)19-4/h5-10,13,19H,1-4H3. The van der Waals surface area contributed by atoms with Crippen molar-refractivity contribution in [3.63, 3.8) is 0 Å². The lowest BCUT2D eigenvalue weighted by Crippen LogP contribution is -2.13.